The van der Waals surface area contributed by atoms with Gasteiger partial charge in [-0.15, -0.1) is 0 Å². The molecule has 0 aromatic heterocycles. The van der Waals surface area contributed by atoms with E-state index in [0.29, 0.717) is 11.5 Å². The molecule has 1 atom stereocenters. The van der Waals surface area contributed by atoms with E-state index in [9.17, 15) is 0 Å². The number of halogens is 1. The third-order valence-corrected chi connectivity index (χ3v) is 4.24. The van der Waals surface area contributed by atoms with Gasteiger partial charge in [0, 0.05) is 29.3 Å². The van der Waals surface area contributed by atoms with Gasteiger partial charge in [0.05, 0.1) is 0 Å². The second-order valence-corrected chi connectivity index (χ2v) is 6.44. The molecule has 2 nitrogen and oxygen atoms in total. The number of nitrogens with one attached hydrogen (secondary N) is 1. The molecule has 0 bridgehead atoms. The van der Waals surface area contributed by atoms with Crippen LogP contribution in [-0.2, 0) is 0 Å². The summed E-state index contributed by atoms with van der Waals surface area (Å²) in [4.78, 5) is 2.48. The van der Waals surface area contributed by atoms with E-state index in [-0.39, 0.29) is 0 Å². The monoisotopic (exact) mass is 296 g/mol. The zero-order valence-electron chi connectivity index (χ0n) is 10.8. The molecular weight excluding hydrogens is 276 g/mol. The normalized spacial score (nSPS) is 23.8. The maximum absolute atomic E-state index is 3.54. The summed E-state index contributed by atoms with van der Waals surface area (Å²) < 4.78 is 1.16. The predicted molar refractivity (Wildman–Crippen MR) is 77.6 cm³/mol. The molecular formula is C14H21BrN2. The molecule has 17 heavy (non-hydrogen) atoms. The number of piperidine rings is 1. The summed E-state index contributed by atoms with van der Waals surface area (Å²) in [7, 11) is 2.07. The van der Waals surface area contributed by atoms with E-state index >= 15 is 0 Å². The van der Waals surface area contributed by atoms with Crippen molar-refractivity contribution in [2.75, 3.05) is 25.0 Å². The van der Waals surface area contributed by atoms with E-state index in [1.165, 1.54) is 12.1 Å². The van der Waals surface area contributed by atoms with Gasteiger partial charge < -0.3 is 10.2 Å². The highest BCUT2D eigenvalue weighted by Crippen LogP contribution is 2.32. The Morgan fingerprint density at radius 3 is 2.76 bits per heavy atom. The maximum atomic E-state index is 3.54. The molecule has 1 unspecified atom stereocenters. The summed E-state index contributed by atoms with van der Waals surface area (Å²) in [6.07, 6.45) is 1.20. The number of benzene rings is 1. The van der Waals surface area contributed by atoms with Gasteiger partial charge in [0.1, 0.15) is 0 Å². The van der Waals surface area contributed by atoms with Crippen molar-refractivity contribution in [2.24, 2.45) is 5.41 Å². The van der Waals surface area contributed by atoms with Crippen molar-refractivity contribution >= 4 is 21.6 Å². The quantitative estimate of drug-likeness (QED) is 0.901. The van der Waals surface area contributed by atoms with E-state index in [1.807, 2.05) is 0 Å². The van der Waals surface area contributed by atoms with Gasteiger partial charge in [-0.2, -0.15) is 0 Å². The van der Waals surface area contributed by atoms with Crippen LogP contribution in [0.4, 0.5) is 5.69 Å². The van der Waals surface area contributed by atoms with Gasteiger partial charge in [-0.25, -0.2) is 0 Å². The summed E-state index contributed by atoms with van der Waals surface area (Å²) in [5, 5.41) is 3.44. The van der Waals surface area contributed by atoms with Crippen LogP contribution < -0.4 is 10.2 Å². The van der Waals surface area contributed by atoms with Crippen LogP contribution in [-0.4, -0.2) is 26.2 Å². The van der Waals surface area contributed by atoms with Crippen molar-refractivity contribution < 1.29 is 0 Å². The van der Waals surface area contributed by atoms with Crippen molar-refractivity contribution in [1.29, 1.82) is 0 Å². The van der Waals surface area contributed by atoms with Crippen LogP contribution >= 0.6 is 15.9 Å². The number of rotatable bonds is 2. The second kappa shape index (κ2) is 4.99. The zero-order chi connectivity index (χ0) is 12.5. The SMILES string of the molecule is CNC1CCN(c2cccc(Br)c2)CC1(C)C. The third kappa shape index (κ3) is 2.83. The predicted octanol–water partition coefficient (Wildman–Crippen LogP) is 3.27. The number of anilines is 1. The van der Waals surface area contributed by atoms with Crippen molar-refractivity contribution in [1.82, 2.24) is 5.32 Å². The Hall–Kier alpha value is -0.540. The van der Waals surface area contributed by atoms with Crippen LogP contribution in [0.5, 0.6) is 0 Å². The number of hydrogen-bond donors (Lipinski definition) is 1. The third-order valence-electron chi connectivity index (χ3n) is 3.75. The Labute approximate surface area is 113 Å². The molecule has 0 amide bonds. The summed E-state index contributed by atoms with van der Waals surface area (Å²) in [6.45, 7) is 6.93. The van der Waals surface area contributed by atoms with Crippen LogP contribution in [0.25, 0.3) is 0 Å². The molecule has 0 radical (unpaired) electrons. The van der Waals surface area contributed by atoms with Gasteiger partial charge in [-0.1, -0.05) is 35.8 Å². The van der Waals surface area contributed by atoms with Gasteiger partial charge in [-0.3, -0.25) is 0 Å². The summed E-state index contributed by atoms with van der Waals surface area (Å²) in [5.74, 6) is 0. The maximum Gasteiger partial charge on any atom is 0.0377 e. The lowest BCUT2D eigenvalue weighted by Crippen LogP contribution is -2.53. The number of hydrogen-bond acceptors (Lipinski definition) is 2. The molecule has 3 heteroatoms. The van der Waals surface area contributed by atoms with Gasteiger partial charge in [-0.05, 0) is 37.1 Å². The Morgan fingerprint density at radius 2 is 2.18 bits per heavy atom. The van der Waals surface area contributed by atoms with Crippen LogP contribution in [0.1, 0.15) is 20.3 Å². The van der Waals surface area contributed by atoms with Crippen LogP contribution in [0, 0.1) is 5.41 Å². The largest absolute Gasteiger partial charge is 0.371 e. The highest BCUT2D eigenvalue weighted by Gasteiger charge is 2.34. The van der Waals surface area contributed by atoms with Crippen LogP contribution in [0.3, 0.4) is 0 Å². The lowest BCUT2D eigenvalue weighted by Gasteiger charge is -2.45. The number of nitrogens with zero attached hydrogens (tertiary/aromatic N) is 1. The molecule has 1 aromatic carbocycles. The van der Waals surface area contributed by atoms with Gasteiger partial charge in [0.25, 0.3) is 0 Å². The molecule has 1 saturated heterocycles. The topological polar surface area (TPSA) is 15.3 Å². The van der Waals surface area contributed by atoms with E-state index in [1.54, 1.807) is 0 Å². The smallest absolute Gasteiger partial charge is 0.0377 e. The van der Waals surface area contributed by atoms with E-state index in [0.717, 1.165) is 17.6 Å². The highest BCUT2D eigenvalue weighted by atomic mass is 79.9. The van der Waals surface area contributed by atoms with Gasteiger partial charge in [0.15, 0.2) is 0 Å². The highest BCUT2D eigenvalue weighted by molar-refractivity contribution is 9.10. The van der Waals surface area contributed by atoms with Crippen molar-refractivity contribution in [3.05, 3.63) is 28.7 Å². The lowest BCUT2D eigenvalue weighted by atomic mass is 9.79. The first-order valence-corrected chi connectivity index (χ1v) is 7.00. The van der Waals surface area contributed by atoms with Crippen molar-refractivity contribution in [3.63, 3.8) is 0 Å². The molecule has 1 aromatic rings. The lowest BCUT2D eigenvalue weighted by molar-refractivity contribution is 0.215. The zero-order valence-corrected chi connectivity index (χ0v) is 12.4. The Morgan fingerprint density at radius 1 is 1.41 bits per heavy atom. The fourth-order valence-corrected chi connectivity index (χ4v) is 3.17. The molecule has 1 fully saturated rings. The molecule has 1 aliphatic rings. The first kappa shape index (κ1) is 12.9. The Balaban J connectivity index is 2.15. The first-order chi connectivity index (χ1) is 8.03. The Bertz CT molecular complexity index is 390. The van der Waals surface area contributed by atoms with Crippen LogP contribution in [0.2, 0.25) is 0 Å². The van der Waals surface area contributed by atoms with Crippen molar-refractivity contribution in [3.8, 4) is 0 Å². The minimum Gasteiger partial charge on any atom is -0.371 e. The average molecular weight is 297 g/mol. The van der Waals surface area contributed by atoms with Gasteiger partial charge >= 0.3 is 0 Å². The average Bonchev–Trinajstić information content (AvgIpc) is 2.27. The molecule has 0 saturated carbocycles. The van der Waals surface area contributed by atoms with E-state index < -0.39 is 0 Å². The van der Waals surface area contributed by atoms with Gasteiger partial charge in [0.2, 0.25) is 0 Å². The molecule has 1 N–H and O–H groups in total. The fourth-order valence-electron chi connectivity index (χ4n) is 2.79. The first-order valence-electron chi connectivity index (χ1n) is 6.21. The summed E-state index contributed by atoms with van der Waals surface area (Å²) in [5.41, 5.74) is 1.64. The van der Waals surface area contributed by atoms with E-state index in [4.69, 9.17) is 0 Å². The summed E-state index contributed by atoms with van der Waals surface area (Å²) in [6, 6.07) is 9.20. The molecule has 0 spiro atoms. The fraction of sp³-hybridized carbons (Fsp3) is 0.571. The van der Waals surface area contributed by atoms with E-state index in [2.05, 4.69) is 71.3 Å². The summed E-state index contributed by atoms with van der Waals surface area (Å²) >= 11 is 3.54. The second-order valence-electron chi connectivity index (χ2n) is 5.52. The molecule has 0 aliphatic carbocycles. The molecule has 94 valence electrons. The molecule has 1 aliphatic heterocycles. The standard InChI is InChI=1S/C14H21BrN2/c1-14(2)10-17(8-7-13(14)16-3)12-6-4-5-11(15)9-12/h4-6,9,13,16H,7-8,10H2,1-3H3. The minimum atomic E-state index is 0.315. The molecule has 1 heterocycles. The molecule has 2 rings (SSSR count). The minimum absolute atomic E-state index is 0.315. The van der Waals surface area contributed by atoms with Crippen molar-refractivity contribution in [2.45, 2.75) is 26.3 Å². The van der Waals surface area contributed by atoms with Crippen LogP contribution in [0.15, 0.2) is 28.7 Å². The Kier molecular flexibility index (Phi) is 3.79.